The van der Waals surface area contributed by atoms with Crippen LogP contribution in [-0.4, -0.2) is 19.0 Å². The number of methoxy groups -OCH3 is 1. The minimum atomic E-state index is -0.769. The summed E-state index contributed by atoms with van der Waals surface area (Å²) in [5, 5.41) is 0. The van der Waals surface area contributed by atoms with Crippen LogP contribution in [0.5, 0.6) is 0 Å². The first-order valence-corrected chi connectivity index (χ1v) is 7.40. The Labute approximate surface area is 139 Å². The molecule has 0 aromatic heterocycles. The maximum Gasteiger partial charge on any atom is 0.344 e. The number of benzene rings is 2. The normalized spacial score (nSPS) is 14.6. The molecule has 0 bridgehead atoms. The molecule has 0 fully saturated rings. The summed E-state index contributed by atoms with van der Waals surface area (Å²) < 4.78 is 24.2. The van der Waals surface area contributed by atoms with Crippen molar-refractivity contribution in [2.75, 3.05) is 7.11 Å². The highest BCUT2D eigenvalue weighted by Crippen LogP contribution is 2.33. The van der Waals surface area contributed by atoms with Gasteiger partial charge in [0.15, 0.2) is 0 Å². The second-order valence-corrected chi connectivity index (χ2v) is 5.73. The van der Waals surface area contributed by atoms with Crippen molar-refractivity contribution in [1.29, 1.82) is 0 Å². The number of hydrogen-bond acceptors (Lipinski definition) is 4. The topological polar surface area (TPSA) is 52.6 Å². The third kappa shape index (κ3) is 2.90. The molecule has 0 atom stereocenters. The molecule has 2 aromatic rings. The molecule has 2 aromatic carbocycles. The molecule has 0 spiro atoms. The van der Waals surface area contributed by atoms with Crippen LogP contribution in [-0.2, 0) is 9.47 Å². The van der Waals surface area contributed by atoms with Gasteiger partial charge in [0.1, 0.15) is 11.6 Å². The molecule has 23 heavy (non-hydrogen) atoms. The molecule has 1 aliphatic heterocycles. The lowest BCUT2D eigenvalue weighted by atomic mass is 10.1. The molecule has 0 unspecified atom stereocenters. The average Bonchev–Trinajstić information content (AvgIpc) is 2.84. The van der Waals surface area contributed by atoms with E-state index in [1.807, 2.05) is 0 Å². The molecule has 0 N–H and O–H groups in total. The van der Waals surface area contributed by atoms with Crippen LogP contribution in [0.2, 0.25) is 0 Å². The summed E-state index contributed by atoms with van der Waals surface area (Å²) >= 11 is 3.34. The van der Waals surface area contributed by atoms with Crippen molar-refractivity contribution in [2.24, 2.45) is 0 Å². The number of carbonyl (C=O) groups excluding carboxylic acids is 2. The van der Waals surface area contributed by atoms with E-state index in [-0.39, 0.29) is 5.56 Å². The van der Waals surface area contributed by atoms with Crippen LogP contribution in [0.4, 0.5) is 4.39 Å². The van der Waals surface area contributed by atoms with Gasteiger partial charge in [-0.05, 0) is 42.0 Å². The summed E-state index contributed by atoms with van der Waals surface area (Å²) in [6, 6.07) is 9.16. The maximum absolute atomic E-state index is 13.7. The average molecular weight is 377 g/mol. The minimum Gasteiger partial charge on any atom is -0.465 e. The van der Waals surface area contributed by atoms with Gasteiger partial charge < -0.3 is 9.47 Å². The number of ether oxygens (including phenoxy) is 2. The summed E-state index contributed by atoms with van der Waals surface area (Å²) in [4.78, 5) is 23.4. The summed E-state index contributed by atoms with van der Waals surface area (Å²) in [5.74, 6) is -1.55. The maximum atomic E-state index is 13.7. The smallest absolute Gasteiger partial charge is 0.344 e. The van der Waals surface area contributed by atoms with Crippen molar-refractivity contribution in [3.8, 4) is 0 Å². The van der Waals surface area contributed by atoms with E-state index in [1.165, 1.54) is 19.2 Å². The molecular formula is C17H10BrFO4. The fraction of sp³-hybridized carbons (Fsp3) is 0.0588. The second-order valence-electron chi connectivity index (χ2n) is 4.82. The molecule has 116 valence electrons. The summed E-state index contributed by atoms with van der Waals surface area (Å²) in [5.41, 5.74) is 1.42. The third-order valence-corrected chi connectivity index (χ3v) is 3.86. The number of halogens is 2. The van der Waals surface area contributed by atoms with Gasteiger partial charge in [-0.2, -0.15) is 0 Å². The number of fused-ring (bicyclic) bond motifs is 1. The predicted octanol–water partition coefficient (Wildman–Crippen LogP) is 4.04. The molecule has 0 amide bonds. The van der Waals surface area contributed by atoms with Crippen LogP contribution in [0.1, 0.15) is 31.8 Å². The van der Waals surface area contributed by atoms with Gasteiger partial charge in [0, 0.05) is 10.0 Å². The number of hydrogen-bond donors (Lipinski definition) is 0. The van der Waals surface area contributed by atoms with Gasteiger partial charge in [-0.3, -0.25) is 0 Å². The van der Waals surface area contributed by atoms with Crippen molar-refractivity contribution < 1.29 is 23.5 Å². The van der Waals surface area contributed by atoms with Crippen LogP contribution >= 0.6 is 15.9 Å². The van der Waals surface area contributed by atoms with E-state index in [0.29, 0.717) is 22.4 Å². The van der Waals surface area contributed by atoms with E-state index in [4.69, 9.17) is 4.74 Å². The Balaban J connectivity index is 2.06. The lowest BCUT2D eigenvalue weighted by molar-refractivity contribution is 0.0594. The van der Waals surface area contributed by atoms with Gasteiger partial charge in [-0.1, -0.05) is 22.0 Å². The Bertz CT molecular complexity index is 858. The molecule has 1 heterocycles. The number of rotatable bonds is 2. The van der Waals surface area contributed by atoms with Crippen molar-refractivity contribution in [3.63, 3.8) is 0 Å². The summed E-state index contributed by atoms with van der Waals surface area (Å²) in [7, 11) is 1.18. The Morgan fingerprint density at radius 2 is 2.00 bits per heavy atom. The van der Waals surface area contributed by atoms with Gasteiger partial charge in [-0.25, -0.2) is 14.0 Å². The van der Waals surface area contributed by atoms with Crippen LogP contribution in [0.3, 0.4) is 0 Å². The number of carbonyl (C=O) groups is 2. The third-order valence-electron chi connectivity index (χ3n) is 3.36. The first kappa shape index (κ1) is 15.4. The molecular weight excluding hydrogens is 367 g/mol. The highest BCUT2D eigenvalue weighted by atomic mass is 79.9. The second kappa shape index (κ2) is 5.96. The van der Waals surface area contributed by atoms with Crippen LogP contribution in [0.15, 0.2) is 40.9 Å². The first-order valence-electron chi connectivity index (χ1n) is 6.61. The van der Waals surface area contributed by atoms with Crippen LogP contribution in [0.25, 0.3) is 11.8 Å². The zero-order valence-electron chi connectivity index (χ0n) is 11.9. The lowest BCUT2D eigenvalue weighted by Crippen LogP contribution is -2.04. The summed E-state index contributed by atoms with van der Waals surface area (Å²) in [6.45, 7) is 0. The summed E-state index contributed by atoms with van der Waals surface area (Å²) in [6.07, 6.45) is 1.57. The lowest BCUT2D eigenvalue weighted by Gasteiger charge is -2.04. The molecule has 0 aliphatic carbocycles. The quantitative estimate of drug-likeness (QED) is 0.742. The Kier molecular flexibility index (Phi) is 4.00. The van der Waals surface area contributed by atoms with E-state index < -0.39 is 17.8 Å². The van der Waals surface area contributed by atoms with Crippen LogP contribution < -0.4 is 0 Å². The van der Waals surface area contributed by atoms with E-state index >= 15 is 0 Å². The zero-order chi connectivity index (χ0) is 16.6. The van der Waals surface area contributed by atoms with Crippen molar-refractivity contribution in [3.05, 3.63) is 68.9 Å². The van der Waals surface area contributed by atoms with Crippen LogP contribution in [0, 0.1) is 5.82 Å². The zero-order valence-corrected chi connectivity index (χ0v) is 13.5. The van der Waals surface area contributed by atoms with Crippen molar-refractivity contribution >= 4 is 39.7 Å². The van der Waals surface area contributed by atoms with E-state index in [9.17, 15) is 14.0 Å². The van der Waals surface area contributed by atoms with Gasteiger partial charge in [0.05, 0.1) is 18.2 Å². The first-order chi connectivity index (χ1) is 11.0. The Morgan fingerprint density at radius 1 is 1.22 bits per heavy atom. The largest absolute Gasteiger partial charge is 0.465 e. The van der Waals surface area contributed by atoms with E-state index in [2.05, 4.69) is 20.7 Å². The fourth-order valence-electron chi connectivity index (χ4n) is 2.27. The Morgan fingerprint density at radius 3 is 2.74 bits per heavy atom. The molecule has 0 saturated heterocycles. The molecule has 1 aliphatic rings. The molecule has 4 nitrogen and oxygen atoms in total. The highest BCUT2D eigenvalue weighted by molar-refractivity contribution is 9.10. The number of cyclic esters (lactones) is 1. The van der Waals surface area contributed by atoms with E-state index in [0.717, 1.165) is 10.5 Å². The molecule has 3 rings (SSSR count). The van der Waals surface area contributed by atoms with Crippen molar-refractivity contribution in [2.45, 2.75) is 0 Å². The molecule has 0 saturated carbocycles. The SMILES string of the molecule is COC(=O)c1cc(C=C2OC(=O)c3ccc(Br)cc32)ccc1F. The van der Waals surface area contributed by atoms with Gasteiger partial charge in [-0.15, -0.1) is 0 Å². The van der Waals surface area contributed by atoms with Gasteiger partial charge in [0.25, 0.3) is 0 Å². The number of esters is 2. The Hall–Kier alpha value is -2.47. The molecule has 6 heteroatoms. The predicted molar refractivity (Wildman–Crippen MR) is 85.2 cm³/mol. The minimum absolute atomic E-state index is 0.180. The fourth-order valence-corrected chi connectivity index (χ4v) is 2.63. The molecule has 0 radical (unpaired) electrons. The monoisotopic (exact) mass is 376 g/mol. The van der Waals surface area contributed by atoms with E-state index in [1.54, 1.807) is 24.3 Å². The van der Waals surface area contributed by atoms with Gasteiger partial charge in [0.2, 0.25) is 0 Å². The standard InChI is InChI=1S/C17H10BrFO4/c1-22-16(20)13-6-9(2-5-14(13)19)7-15-12-8-10(18)3-4-11(12)17(21)23-15/h2-8H,1H3. The highest BCUT2D eigenvalue weighted by Gasteiger charge is 2.26. The van der Waals surface area contributed by atoms with Gasteiger partial charge >= 0.3 is 11.9 Å². The van der Waals surface area contributed by atoms with Crippen molar-refractivity contribution in [1.82, 2.24) is 0 Å².